The Hall–Kier alpha value is -2.49. The van der Waals surface area contributed by atoms with E-state index >= 15 is 0 Å². The molecule has 2 rings (SSSR count). The van der Waals surface area contributed by atoms with E-state index in [1.807, 2.05) is 12.1 Å². The molecule has 2 aromatic rings. The highest BCUT2D eigenvalue weighted by atomic mass is 16.5. The maximum absolute atomic E-state index is 11.7. The van der Waals surface area contributed by atoms with Crippen molar-refractivity contribution in [3.63, 3.8) is 0 Å². The van der Waals surface area contributed by atoms with Crippen LogP contribution in [-0.4, -0.2) is 25.8 Å². The van der Waals surface area contributed by atoms with Crippen molar-refractivity contribution >= 4 is 5.97 Å². The maximum Gasteiger partial charge on any atom is 0.338 e. The maximum atomic E-state index is 11.7. The lowest BCUT2D eigenvalue weighted by Gasteiger charge is -2.19. The zero-order chi connectivity index (χ0) is 18.3. The Morgan fingerprint density at radius 1 is 0.920 bits per heavy atom. The molecule has 0 aliphatic rings. The lowest BCUT2D eigenvalue weighted by atomic mass is 9.87. The summed E-state index contributed by atoms with van der Waals surface area (Å²) in [6.07, 6.45) is 0. The van der Waals surface area contributed by atoms with Crippen molar-refractivity contribution in [3.05, 3.63) is 59.7 Å². The van der Waals surface area contributed by atoms with Gasteiger partial charge >= 0.3 is 5.97 Å². The smallest absolute Gasteiger partial charge is 0.338 e. The molecule has 0 fully saturated rings. The number of hydrogen-bond donors (Lipinski definition) is 0. The van der Waals surface area contributed by atoms with Gasteiger partial charge in [-0.15, -0.1) is 0 Å². The molecule has 0 aliphatic heterocycles. The van der Waals surface area contributed by atoms with Gasteiger partial charge in [-0.3, -0.25) is 0 Å². The van der Waals surface area contributed by atoms with Crippen LogP contribution in [0.1, 0.15) is 43.6 Å². The summed E-state index contributed by atoms with van der Waals surface area (Å²) in [6.45, 7) is 9.50. The van der Waals surface area contributed by atoms with Crippen molar-refractivity contribution < 1.29 is 19.0 Å². The molecule has 0 radical (unpaired) electrons. The summed E-state index contributed by atoms with van der Waals surface area (Å²) < 4.78 is 16.3. The van der Waals surface area contributed by atoms with Gasteiger partial charge in [0.15, 0.2) is 0 Å². The number of esters is 1. The molecule has 4 heteroatoms. The SMILES string of the molecule is CCOC(=O)c1cccc(OCCOc2ccc(C(C)(C)C)cc2)c1. The molecular formula is C21H26O4. The molecule has 0 aliphatic carbocycles. The monoisotopic (exact) mass is 342 g/mol. The van der Waals surface area contributed by atoms with Crippen LogP contribution in [-0.2, 0) is 10.2 Å². The molecule has 2 aromatic carbocycles. The minimum absolute atomic E-state index is 0.131. The van der Waals surface area contributed by atoms with E-state index in [0.29, 0.717) is 31.1 Å². The molecular weight excluding hydrogens is 316 g/mol. The van der Waals surface area contributed by atoms with Crippen molar-refractivity contribution in [1.29, 1.82) is 0 Å². The quantitative estimate of drug-likeness (QED) is 0.544. The highest BCUT2D eigenvalue weighted by molar-refractivity contribution is 5.89. The zero-order valence-corrected chi connectivity index (χ0v) is 15.4. The van der Waals surface area contributed by atoms with E-state index in [-0.39, 0.29) is 11.4 Å². The van der Waals surface area contributed by atoms with E-state index in [9.17, 15) is 4.79 Å². The minimum Gasteiger partial charge on any atom is -0.490 e. The number of hydrogen-bond acceptors (Lipinski definition) is 4. The predicted octanol–water partition coefficient (Wildman–Crippen LogP) is 4.62. The molecule has 0 spiro atoms. The summed E-state index contributed by atoms with van der Waals surface area (Å²) in [5, 5.41) is 0. The zero-order valence-electron chi connectivity index (χ0n) is 15.4. The molecule has 0 atom stereocenters. The topological polar surface area (TPSA) is 44.8 Å². The summed E-state index contributed by atoms with van der Waals surface area (Å²) >= 11 is 0. The Morgan fingerprint density at radius 3 is 2.16 bits per heavy atom. The first-order valence-electron chi connectivity index (χ1n) is 8.53. The van der Waals surface area contributed by atoms with Gasteiger partial charge < -0.3 is 14.2 Å². The third-order valence-electron chi connectivity index (χ3n) is 3.69. The Balaban J connectivity index is 1.81. The predicted molar refractivity (Wildman–Crippen MR) is 98.5 cm³/mol. The van der Waals surface area contributed by atoms with Crippen molar-refractivity contribution in [1.82, 2.24) is 0 Å². The molecule has 0 heterocycles. The van der Waals surface area contributed by atoms with Crippen LogP contribution in [0.3, 0.4) is 0 Å². The first-order chi connectivity index (χ1) is 11.9. The van der Waals surface area contributed by atoms with Gasteiger partial charge in [0.2, 0.25) is 0 Å². The first kappa shape index (κ1) is 18.8. The molecule has 25 heavy (non-hydrogen) atoms. The van der Waals surface area contributed by atoms with Crippen LogP contribution < -0.4 is 9.47 Å². The van der Waals surface area contributed by atoms with Gasteiger partial charge in [-0.25, -0.2) is 4.79 Å². The molecule has 0 saturated heterocycles. The van der Waals surface area contributed by atoms with Crippen LogP contribution in [0.5, 0.6) is 11.5 Å². The average Bonchev–Trinajstić information content (AvgIpc) is 2.59. The summed E-state index contributed by atoms with van der Waals surface area (Å²) in [6, 6.07) is 15.1. The summed E-state index contributed by atoms with van der Waals surface area (Å²) in [4.78, 5) is 11.7. The third-order valence-corrected chi connectivity index (χ3v) is 3.69. The highest BCUT2D eigenvalue weighted by Crippen LogP contribution is 2.24. The highest BCUT2D eigenvalue weighted by Gasteiger charge is 2.13. The van der Waals surface area contributed by atoms with Crippen LogP contribution in [0, 0.1) is 0 Å². The fraction of sp³-hybridized carbons (Fsp3) is 0.381. The van der Waals surface area contributed by atoms with Gasteiger partial charge in [0.25, 0.3) is 0 Å². The van der Waals surface area contributed by atoms with Gasteiger partial charge in [0.05, 0.1) is 12.2 Å². The van der Waals surface area contributed by atoms with Gasteiger partial charge in [-0.05, 0) is 48.2 Å². The fourth-order valence-corrected chi connectivity index (χ4v) is 2.30. The minimum atomic E-state index is -0.344. The molecule has 134 valence electrons. The Labute approximate surface area is 149 Å². The summed E-state index contributed by atoms with van der Waals surface area (Å²) in [5.74, 6) is 1.09. The number of ether oxygens (including phenoxy) is 3. The molecule has 0 saturated carbocycles. The van der Waals surface area contributed by atoms with Crippen molar-refractivity contribution in [2.45, 2.75) is 33.1 Å². The van der Waals surface area contributed by atoms with E-state index in [2.05, 4.69) is 32.9 Å². The van der Waals surface area contributed by atoms with Crippen molar-refractivity contribution in [2.24, 2.45) is 0 Å². The van der Waals surface area contributed by atoms with Gasteiger partial charge in [-0.2, -0.15) is 0 Å². The average molecular weight is 342 g/mol. The molecule has 4 nitrogen and oxygen atoms in total. The van der Waals surface area contributed by atoms with Crippen LogP contribution >= 0.6 is 0 Å². The summed E-state index contributed by atoms with van der Waals surface area (Å²) in [7, 11) is 0. The van der Waals surface area contributed by atoms with Crippen molar-refractivity contribution in [3.8, 4) is 11.5 Å². The Kier molecular flexibility index (Phi) is 6.45. The van der Waals surface area contributed by atoms with Gasteiger partial charge in [0.1, 0.15) is 24.7 Å². The second-order valence-corrected chi connectivity index (χ2v) is 6.72. The molecule has 0 bridgehead atoms. The molecule has 0 unspecified atom stereocenters. The second-order valence-electron chi connectivity index (χ2n) is 6.72. The van der Waals surface area contributed by atoms with Crippen LogP contribution in [0.25, 0.3) is 0 Å². The Bertz CT molecular complexity index is 684. The fourth-order valence-electron chi connectivity index (χ4n) is 2.30. The molecule has 0 N–H and O–H groups in total. The second kappa shape index (κ2) is 8.56. The van der Waals surface area contributed by atoms with E-state index in [4.69, 9.17) is 14.2 Å². The van der Waals surface area contributed by atoms with Crippen LogP contribution in [0.15, 0.2) is 48.5 Å². The number of carbonyl (C=O) groups excluding carboxylic acids is 1. The molecule has 0 aromatic heterocycles. The van der Waals surface area contributed by atoms with E-state index in [1.165, 1.54) is 5.56 Å². The lowest BCUT2D eigenvalue weighted by Crippen LogP contribution is -2.12. The van der Waals surface area contributed by atoms with E-state index in [0.717, 1.165) is 5.75 Å². The van der Waals surface area contributed by atoms with Crippen LogP contribution in [0.4, 0.5) is 0 Å². The summed E-state index contributed by atoms with van der Waals surface area (Å²) in [5.41, 5.74) is 1.89. The van der Waals surface area contributed by atoms with Gasteiger partial charge in [-0.1, -0.05) is 39.0 Å². The largest absolute Gasteiger partial charge is 0.490 e. The van der Waals surface area contributed by atoms with Crippen LogP contribution in [0.2, 0.25) is 0 Å². The standard InChI is InChI=1S/C21H26O4/c1-5-23-20(22)16-7-6-8-19(15-16)25-14-13-24-18-11-9-17(10-12-18)21(2,3)4/h6-12,15H,5,13-14H2,1-4H3. The number of rotatable bonds is 7. The third kappa shape index (κ3) is 5.82. The Morgan fingerprint density at radius 2 is 1.56 bits per heavy atom. The lowest BCUT2D eigenvalue weighted by molar-refractivity contribution is 0.0526. The van der Waals surface area contributed by atoms with E-state index in [1.54, 1.807) is 31.2 Å². The van der Waals surface area contributed by atoms with E-state index < -0.39 is 0 Å². The normalized spacial score (nSPS) is 11.0. The van der Waals surface area contributed by atoms with Gasteiger partial charge in [0, 0.05) is 0 Å². The number of carbonyl (C=O) groups is 1. The number of benzene rings is 2. The molecule has 0 amide bonds. The first-order valence-corrected chi connectivity index (χ1v) is 8.53. The van der Waals surface area contributed by atoms with Crippen molar-refractivity contribution in [2.75, 3.05) is 19.8 Å².